The number of aliphatic hydroxyl groups is 1. The fraction of sp³-hybridized carbons (Fsp3) is 0.750. The maximum atomic E-state index is 13.5. The topological polar surface area (TPSA) is 74.5 Å². The van der Waals surface area contributed by atoms with Gasteiger partial charge >= 0.3 is 6.18 Å². The van der Waals surface area contributed by atoms with Crippen molar-refractivity contribution in [1.82, 2.24) is 20.2 Å². The van der Waals surface area contributed by atoms with Crippen molar-refractivity contribution in [1.29, 1.82) is 0 Å². The molecule has 2 unspecified atom stereocenters. The molecule has 148 valence electrons. The van der Waals surface area contributed by atoms with Crippen LogP contribution in [0, 0.1) is 0 Å². The molecule has 1 aromatic heterocycles. The zero-order chi connectivity index (χ0) is 19.2. The Bertz CT molecular complexity index is 601. The van der Waals surface area contributed by atoms with E-state index in [1.165, 1.54) is 30.4 Å². The van der Waals surface area contributed by atoms with E-state index >= 15 is 0 Å². The van der Waals surface area contributed by atoms with Crippen molar-refractivity contribution in [3.05, 3.63) is 18.2 Å². The third-order valence-corrected chi connectivity index (χ3v) is 5.64. The van der Waals surface area contributed by atoms with Crippen LogP contribution >= 0.6 is 11.8 Å². The minimum Gasteiger partial charge on any atom is -0.374 e. The summed E-state index contributed by atoms with van der Waals surface area (Å²) in [5.41, 5.74) is -3.02. The molecule has 1 aliphatic heterocycles. The average molecular weight is 393 g/mol. The summed E-state index contributed by atoms with van der Waals surface area (Å²) in [7, 11) is 1.43. The van der Waals surface area contributed by atoms with Crippen LogP contribution in [0.15, 0.2) is 17.4 Å². The molecule has 1 aliphatic rings. The number of alkyl halides is 3. The Morgan fingerprint density at radius 2 is 2.23 bits per heavy atom. The molecular weight excluding hydrogens is 367 g/mol. The Hall–Kier alpha value is -1.42. The number of guanidine groups is 1. The smallest absolute Gasteiger partial charge is 0.374 e. The van der Waals surface area contributed by atoms with Crippen molar-refractivity contribution >= 4 is 17.7 Å². The number of aryl methyl sites for hydroxylation is 1. The molecule has 0 spiro atoms. The summed E-state index contributed by atoms with van der Waals surface area (Å²) in [6.07, 6.45) is -0.486. The van der Waals surface area contributed by atoms with Crippen molar-refractivity contribution in [2.24, 2.45) is 12.0 Å². The molecule has 2 atom stereocenters. The van der Waals surface area contributed by atoms with E-state index in [0.717, 1.165) is 12.2 Å². The molecule has 3 N–H and O–H groups in total. The van der Waals surface area contributed by atoms with E-state index in [-0.39, 0.29) is 6.54 Å². The van der Waals surface area contributed by atoms with Gasteiger partial charge in [-0.2, -0.15) is 24.9 Å². The molecular formula is C16H26F3N5OS. The lowest BCUT2D eigenvalue weighted by Gasteiger charge is -2.30. The number of aliphatic imine (C=N–C) groups is 1. The number of nitrogens with zero attached hydrogens (tertiary/aromatic N) is 3. The maximum Gasteiger partial charge on any atom is 0.424 e. The predicted octanol–water partition coefficient (Wildman–Crippen LogP) is 2.01. The fourth-order valence-electron chi connectivity index (χ4n) is 2.83. The van der Waals surface area contributed by atoms with Crippen LogP contribution in [0.4, 0.5) is 13.2 Å². The highest BCUT2D eigenvalue weighted by Gasteiger charge is 2.57. The van der Waals surface area contributed by atoms with Crippen LogP contribution in [0.3, 0.4) is 0 Å². The second-order valence-corrected chi connectivity index (χ2v) is 7.66. The van der Waals surface area contributed by atoms with Gasteiger partial charge in [-0.1, -0.05) is 0 Å². The lowest BCUT2D eigenvalue weighted by Crippen LogP contribution is -2.48. The fourth-order valence-corrected chi connectivity index (χ4v) is 4.01. The molecule has 0 aromatic carbocycles. The number of imidazole rings is 1. The van der Waals surface area contributed by atoms with Crippen molar-refractivity contribution in [2.75, 3.05) is 25.4 Å². The first-order valence-corrected chi connectivity index (χ1v) is 9.73. The van der Waals surface area contributed by atoms with Crippen molar-refractivity contribution < 1.29 is 18.3 Å². The third-order valence-electron chi connectivity index (χ3n) is 4.26. The van der Waals surface area contributed by atoms with E-state index < -0.39 is 24.0 Å². The van der Waals surface area contributed by atoms with Crippen LogP contribution in [-0.4, -0.2) is 57.4 Å². The van der Waals surface area contributed by atoms with Gasteiger partial charge in [0.05, 0.1) is 6.54 Å². The molecule has 1 saturated heterocycles. The molecule has 0 amide bonds. The van der Waals surface area contributed by atoms with Gasteiger partial charge < -0.3 is 20.3 Å². The summed E-state index contributed by atoms with van der Waals surface area (Å²) in [4.78, 5) is 8.14. The van der Waals surface area contributed by atoms with E-state index in [1.807, 2.05) is 18.7 Å². The van der Waals surface area contributed by atoms with Gasteiger partial charge in [-0.15, -0.1) is 0 Å². The summed E-state index contributed by atoms with van der Waals surface area (Å²) >= 11 is 1.87. The first-order chi connectivity index (χ1) is 12.3. The van der Waals surface area contributed by atoms with E-state index in [9.17, 15) is 18.3 Å². The van der Waals surface area contributed by atoms with Gasteiger partial charge in [0.1, 0.15) is 5.82 Å². The highest BCUT2D eigenvalue weighted by Crippen LogP contribution is 2.40. The summed E-state index contributed by atoms with van der Waals surface area (Å²) < 4.78 is 41.7. The first kappa shape index (κ1) is 20.9. The van der Waals surface area contributed by atoms with Gasteiger partial charge in [-0.05, 0) is 25.5 Å². The Labute approximate surface area is 155 Å². The van der Waals surface area contributed by atoms with Crippen molar-refractivity contribution in [2.45, 2.75) is 43.2 Å². The van der Waals surface area contributed by atoms with Crippen LogP contribution in [-0.2, 0) is 12.6 Å². The van der Waals surface area contributed by atoms with E-state index in [1.54, 1.807) is 0 Å². The second-order valence-electron chi connectivity index (χ2n) is 6.25. The minimum absolute atomic E-state index is 0.0908. The standard InChI is InChI=1S/C16H26F3N5OS/c1-3-20-14(23-11-12-5-4-10-26-12)22-7-6-15(25,16(17,18)19)13-21-8-9-24(13)2/h8-9,12,25H,3-7,10-11H2,1-2H3,(H2,20,22,23). The monoisotopic (exact) mass is 393 g/mol. The quantitative estimate of drug-likeness (QED) is 0.488. The Morgan fingerprint density at radius 1 is 1.46 bits per heavy atom. The van der Waals surface area contributed by atoms with Crippen LogP contribution in [0.2, 0.25) is 0 Å². The Morgan fingerprint density at radius 3 is 2.77 bits per heavy atom. The summed E-state index contributed by atoms with van der Waals surface area (Å²) in [5, 5.41) is 16.7. The summed E-state index contributed by atoms with van der Waals surface area (Å²) in [6, 6.07) is 0. The van der Waals surface area contributed by atoms with Gasteiger partial charge in [0.25, 0.3) is 0 Å². The van der Waals surface area contributed by atoms with Gasteiger partial charge in [0, 0.05) is 44.2 Å². The lowest BCUT2D eigenvalue weighted by atomic mass is 9.97. The molecule has 0 aliphatic carbocycles. The number of rotatable bonds is 7. The van der Waals surface area contributed by atoms with Crippen LogP contribution < -0.4 is 10.6 Å². The zero-order valence-corrected chi connectivity index (χ0v) is 15.8. The Balaban J connectivity index is 2.00. The van der Waals surface area contributed by atoms with Crippen molar-refractivity contribution in [3.63, 3.8) is 0 Å². The van der Waals surface area contributed by atoms with Crippen molar-refractivity contribution in [3.8, 4) is 0 Å². The van der Waals surface area contributed by atoms with E-state index in [2.05, 4.69) is 20.6 Å². The molecule has 2 rings (SSSR count). The van der Waals surface area contributed by atoms with Crippen LogP contribution in [0.5, 0.6) is 0 Å². The van der Waals surface area contributed by atoms with E-state index in [4.69, 9.17) is 0 Å². The molecule has 0 saturated carbocycles. The molecule has 6 nitrogen and oxygen atoms in total. The number of aromatic nitrogens is 2. The zero-order valence-electron chi connectivity index (χ0n) is 15.0. The third kappa shape index (κ3) is 5.06. The number of thioether (sulfide) groups is 1. The Kier molecular flexibility index (Phi) is 7.22. The highest BCUT2D eigenvalue weighted by atomic mass is 32.2. The normalized spacial score (nSPS) is 20.8. The number of halogens is 3. The minimum atomic E-state index is -4.83. The van der Waals surface area contributed by atoms with E-state index in [0.29, 0.717) is 24.3 Å². The van der Waals surface area contributed by atoms with Crippen LogP contribution in [0.1, 0.15) is 32.0 Å². The molecule has 1 fully saturated rings. The number of nitrogens with one attached hydrogen (secondary N) is 2. The summed E-state index contributed by atoms with van der Waals surface area (Å²) in [5.74, 6) is 1.17. The first-order valence-electron chi connectivity index (χ1n) is 8.68. The number of hydrogen-bond donors (Lipinski definition) is 3. The highest BCUT2D eigenvalue weighted by molar-refractivity contribution is 8.00. The van der Waals surface area contributed by atoms with Gasteiger partial charge in [0.2, 0.25) is 5.60 Å². The molecule has 1 aromatic rings. The second kappa shape index (κ2) is 8.98. The molecule has 26 heavy (non-hydrogen) atoms. The molecule has 2 heterocycles. The average Bonchev–Trinajstić information content (AvgIpc) is 3.22. The van der Waals surface area contributed by atoms with Gasteiger partial charge in [-0.3, -0.25) is 4.99 Å². The number of hydrogen-bond acceptors (Lipinski definition) is 4. The largest absolute Gasteiger partial charge is 0.424 e. The summed E-state index contributed by atoms with van der Waals surface area (Å²) in [6.45, 7) is 3.03. The molecule has 0 radical (unpaired) electrons. The lowest BCUT2D eigenvalue weighted by molar-refractivity contribution is -0.272. The van der Waals surface area contributed by atoms with Gasteiger partial charge in [-0.25, -0.2) is 4.98 Å². The SMILES string of the molecule is CCNC(=NCC1CCCS1)NCCC(O)(c1nccn1C)C(F)(F)F. The van der Waals surface area contributed by atoms with Gasteiger partial charge in [0.15, 0.2) is 5.96 Å². The predicted molar refractivity (Wildman–Crippen MR) is 97.2 cm³/mol. The molecule has 10 heteroatoms. The maximum absolute atomic E-state index is 13.5. The molecule has 0 bridgehead atoms. The van der Waals surface area contributed by atoms with Crippen LogP contribution in [0.25, 0.3) is 0 Å².